The first-order valence-electron chi connectivity index (χ1n) is 11.9. The van der Waals surface area contributed by atoms with Crippen LogP contribution in [0.2, 0.25) is 0 Å². The molecule has 4 rings (SSSR count). The van der Waals surface area contributed by atoms with Crippen LogP contribution in [0.1, 0.15) is 41.6 Å². The molecule has 3 heterocycles. The zero-order chi connectivity index (χ0) is 24.0. The molecule has 0 N–H and O–H groups in total. The predicted molar refractivity (Wildman–Crippen MR) is 124 cm³/mol. The summed E-state index contributed by atoms with van der Waals surface area (Å²) in [5.41, 5.74) is -0.142. The standard InChI is InChI=1S/C25H31F3N4O2/c26-25(27,28)21-9-10-29-23(19-21)31-14-16-32(17-15-31)24(33)20-5-7-22(8-6-20)34-18-4-13-30-11-2-1-3-12-30/h5-10,19H,1-4,11-18H2. The van der Waals surface area contributed by atoms with E-state index in [-0.39, 0.29) is 11.7 Å². The first-order valence-corrected chi connectivity index (χ1v) is 11.9. The lowest BCUT2D eigenvalue weighted by molar-refractivity contribution is -0.137. The molecule has 2 saturated heterocycles. The fourth-order valence-corrected chi connectivity index (χ4v) is 4.44. The van der Waals surface area contributed by atoms with Gasteiger partial charge in [-0.25, -0.2) is 4.98 Å². The van der Waals surface area contributed by atoms with Crippen LogP contribution in [0.3, 0.4) is 0 Å². The molecule has 9 heteroatoms. The molecule has 2 aromatic rings. The van der Waals surface area contributed by atoms with Crippen molar-refractivity contribution in [1.29, 1.82) is 0 Å². The number of nitrogens with zero attached hydrogens (tertiary/aromatic N) is 4. The van der Waals surface area contributed by atoms with Gasteiger partial charge in [-0.3, -0.25) is 4.79 Å². The number of hydrogen-bond donors (Lipinski definition) is 0. The number of piperazine rings is 1. The second-order valence-corrected chi connectivity index (χ2v) is 8.81. The van der Waals surface area contributed by atoms with Gasteiger partial charge in [0, 0.05) is 44.5 Å². The summed E-state index contributed by atoms with van der Waals surface area (Å²) in [5.74, 6) is 0.938. The number of carbonyl (C=O) groups excluding carboxylic acids is 1. The molecule has 34 heavy (non-hydrogen) atoms. The molecular formula is C25H31F3N4O2. The summed E-state index contributed by atoms with van der Waals surface area (Å²) in [7, 11) is 0. The minimum atomic E-state index is -4.40. The summed E-state index contributed by atoms with van der Waals surface area (Å²) in [5, 5.41) is 0. The van der Waals surface area contributed by atoms with Gasteiger partial charge in [0.2, 0.25) is 0 Å². The van der Waals surface area contributed by atoms with E-state index in [2.05, 4.69) is 9.88 Å². The number of benzene rings is 1. The molecule has 1 aromatic heterocycles. The van der Waals surface area contributed by atoms with E-state index in [0.29, 0.717) is 38.3 Å². The van der Waals surface area contributed by atoms with Crippen LogP contribution >= 0.6 is 0 Å². The van der Waals surface area contributed by atoms with Crippen LogP contribution in [0.15, 0.2) is 42.6 Å². The minimum absolute atomic E-state index is 0.0895. The maximum Gasteiger partial charge on any atom is 0.416 e. The van der Waals surface area contributed by atoms with E-state index in [1.54, 1.807) is 21.9 Å². The van der Waals surface area contributed by atoms with E-state index >= 15 is 0 Å². The van der Waals surface area contributed by atoms with Gasteiger partial charge in [-0.1, -0.05) is 6.42 Å². The van der Waals surface area contributed by atoms with Crippen LogP contribution < -0.4 is 9.64 Å². The zero-order valence-electron chi connectivity index (χ0n) is 19.3. The van der Waals surface area contributed by atoms with Gasteiger partial charge in [-0.05, 0) is 68.8 Å². The van der Waals surface area contributed by atoms with Crippen molar-refractivity contribution in [3.8, 4) is 5.75 Å². The summed E-state index contributed by atoms with van der Waals surface area (Å²) in [6.07, 6.45) is 1.65. The van der Waals surface area contributed by atoms with Crippen LogP contribution in [-0.2, 0) is 6.18 Å². The van der Waals surface area contributed by atoms with Crippen molar-refractivity contribution in [2.24, 2.45) is 0 Å². The Morgan fingerprint density at radius 2 is 1.65 bits per heavy atom. The normalized spacial score (nSPS) is 17.6. The first kappa shape index (κ1) is 24.3. The molecule has 1 amide bonds. The number of piperidine rings is 1. The van der Waals surface area contributed by atoms with E-state index < -0.39 is 11.7 Å². The zero-order valence-corrected chi connectivity index (χ0v) is 19.3. The Bertz CT molecular complexity index is 938. The highest BCUT2D eigenvalue weighted by Gasteiger charge is 2.32. The third kappa shape index (κ3) is 6.40. The number of rotatable bonds is 7. The van der Waals surface area contributed by atoms with Gasteiger partial charge in [0.15, 0.2) is 0 Å². The molecule has 0 bridgehead atoms. The lowest BCUT2D eigenvalue weighted by atomic mass is 10.1. The number of alkyl halides is 3. The van der Waals surface area contributed by atoms with Crippen molar-refractivity contribution in [1.82, 2.24) is 14.8 Å². The fourth-order valence-electron chi connectivity index (χ4n) is 4.44. The summed E-state index contributed by atoms with van der Waals surface area (Å²) < 4.78 is 44.7. The average molecular weight is 477 g/mol. The number of aromatic nitrogens is 1. The van der Waals surface area contributed by atoms with Gasteiger partial charge in [0.05, 0.1) is 12.2 Å². The number of halogens is 3. The van der Waals surface area contributed by atoms with Crippen LogP contribution in [0.25, 0.3) is 0 Å². The summed E-state index contributed by atoms with van der Waals surface area (Å²) in [6.45, 7) is 5.77. The highest BCUT2D eigenvalue weighted by Crippen LogP contribution is 2.31. The second kappa shape index (κ2) is 11.1. The number of hydrogen-bond acceptors (Lipinski definition) is 5. The highest BCUT2D eigenvalue weighted by atomic mass is 19.4. The molecule has 2 fully saturated rings. The maximum absolute atomic E-state index is 13.0. The van der Waals surface area contributed by atoms with Gasteiger partial charge in [0.1, 0.15) is 11.6 Å². The van der Waals surface area contributed by atoms with Crippen molar-refractivity contribution in [2.45, 2.75) is 31.9 Å². The average Bonchev–Trinajstić information content (AvgIpc) is 2.87. The van der Waals surface area contributed by atoms with E-state index in [4.69, 9.17) is 4.74 Å². The lowest BCUT2D eigenvalue weighted by Crippen LogP contribution is -2.49. The number of amides is 1. The Morgan fingerprint density at radius 1 is 0.941 bits per heavy atom. The third-order valence-corrected chi connectivity index (χ3v) is 6.40. The SMILES string of the molecule is O=C(c1ccc(OCCCN2CCCCC2)cc1)N1CCN(c2cc(C(F)(F)F)ccn2)CC1. The van der Waals surface area contributed by atoms with Gasteiger partial charge in [-0.2, -0.15) is 13.2 Å². The summed E-state index contributed by atoms with van der Waals surface area (Å²) in [6, 6.07) is 9.19. The number of ether oxygens (including phenoxy) is 1. The minimum Gasteiger partial charge on any atom is -0.494 e. The largest absolute Gasteiger partial charge is 0.494 e. The van der Waals surface area contributed by atoms with Crippen molar-refractivity contribution >= 4 is 11.7 Å². The van der Waals surface area contributed by atoms with Crippen molar-refractivity contribution in [3.63, 3.8) is 0 Å². The smallest absolute Gasteiger partial charge is 0.416 e. The monoisotopic (exact) mass is 476 g/mol. The molecule has 6 nitrogen and oxygen atoms in total. The summed E-state index contributed by atoms with van der Waals surface area (Å²) in [4.78, 5) is 22.9. The van der Waals surface area contributed by atoms with Crippen molar-refractivity contribution in [2.75, 3.05) is 57.3 Å². The Hall–Kier alpha value is -2.81. The molecule has 0 spiro atoms. The molecule has 0 unspecified atom stereocenters. The maximum atomic E-state index is 13.0. The van der Waals surface area contributed by atoms with Crippen LogP contribution in [0.5, 0.6) is 5.75 Å². The molecule has 1 aromatic carbocycles. The van der Waals surface area contributed by atoms with Gasteiger partial charge >= 0.3 is 6.18 Å². The number of anilines is 1. The molecule has 2 aliphatic rings. The fraction of sp³-hybridized carbons (Fsp3) is 0.520. The van der Waals surface area contributed by atoms with E-state index in [1.807, 2.05) is 12.1 Å². The third-order valence-electron chi connectivity index (χ3n) is 6.40. The Labute approximate surface area is 198 Å². The van der Waals surface area contributed by atoms with Crippen LogP contribution in [0.4, 0.5) is 19.0 Å². The molecule has 2 aliphatic heterocycles. The molecule has 0 aliphatic carbocycles. The van der Waals surface area contributed by atoms with Crippen molar-refractivity contribution in [3.05, 3.63) is 53.7 Å². The van der Waals surface area contributed by atoms with Crippen LogP contribution in [0, 0.1) is 0 Å². The Morgan fingerprint density at radius 3 is 2.32 bits per heavy atom. The van der Waals surface area contributed by atoms with Crippen molar-refractivity contribution < 1.29 is 22.7 Å². The quantitative estimate of drug-likeness (QED) is 0.558. The van der Waals surface area contributed by atoms with Gasteiger partial charge in [-0.15, -0.1) is 0 Å². The summed E-state index contributed by atoms with van der Waals surface area (Å²) >= 11 is 0. The molecule has 0 saturated carbocycles. The topological polar surface area (TPSA) is 48.9 Å². The van der Waals surface area contributed by atoms with Gasteiger partial charge in [0.25, 0.3) is 5.91 Å². The lowest BCUT2D eigenvalue weighted by Gasteiger charge is -2.35. The number of carbonyl (C=O) groups is 1. The van der Waals surface area contributed by atoms with Gasteiger partial charge < -0.3 is 19.4 Å². The van der Waals surface area contributed by atoms with E-state index in [9.17, 15) is 18.0 Å². The van der Waals surface area contributed by atoms with E-state index in [0.717, 1.165) is 30.8 Å². The molecular weight excluding hydrogens is 445 g/mol. The number of likely N-dealkylation sites (tertiary alicyclic amines) is 1. The van der Waals surface area contributed by atoms with E-state index in [1.165, 1.54) is 38.5 Å². The Balaban J connectivity index is 1.23. The molecule has 0 atom stereocenters. The highest BCUT2D eigenvalue weighted by molar-refractivity contribution is 5.94. The Kier molecular flexibility index (Phi) is 7.92. The molecule has 0 radical (unpaired) electrons. The second-order valence-electron chi connectivity index (χ2n) is 8.81. The van der Waals surface area contributed by atoms with Crippen LogP contribution in [-0.4, -0.2) is 73.1 Å². The predicted octanol–water partition coefficient (Wildman–Crippen LogP) is 4.32. The first-order chi connectivity index (χ1) is 16.4. The number of pyridine rings is 1. The molecule has 184 valence electrons.